The van der Waals surface area contributed by atoms with Crippen molar-refractivity contribution < 1.29 is 13.5 Å². The molecule has 0 aliphatic carbocycles. The quantitative estimate of drug-likeness (QED) is 0.481. The highest BCUT2D eigenvalue weighted by molar-refractivity contribution is 9.10. The molecule has 0 fully saturated rings. The number of nitrogens with one attached hydrogen (secondary N) is 1. The minimum absolute atomic E-state index is 0.475. The number of rotatable bonds is 8. The summed E-state index contributed by atoms with van der Waals surface area (Å²) in [5.41, 5.74) is 2.31. The number of benzene rings is 3. The van der Waals surface area contributed by atoms with Gasteiger partial charge in [0.25, 0.3) is 6.43 Å². The predicted molar refractivity (Wildman–Crippen MR) is 105 cm³/mol. The Morgan fingerprint density at radius 3 is 2.69 bits per heavy atom. The van der Waals surface area contributed by atoms with E-state index in [1.807, 2.05) is 18.2 Å². The molecule has 3 rings (SSSR count). The lowest BCUT2D eigenvalue weighted by atomic mass is 10.0. The van der Waals surface area contributed by atoms with Crippen LogP contribution in [0.3, 0.4) is 0 Å². The highest BCUT2D eigenvalue weighted by Gasteiger charge is 2.05. The van der Waals surface area contributed by atoms with Crippen LogP contribution in [0.2, 0.25) is 0 Å². The summed E-state index contributed by atoms with van der Waals surface area (Å²) in [6, 6.07) is 19.9. The molecule has 0 radical (unpaired) electrons. The standard InChI is InChI=1S/C21H20BrF2NO/c22-18-8-7-16-4-2-5-17(20(16)12-18)9-10-25-13-15-3-1-6-19(11-15)26-14-21(23)24/h1-8,11-12,21,25H,9-10,13-14H2. The predicted octanol–water partition coefficient (Wildman–Crippen LogP) is 5.58. The van der Waals surface area contributed by atoms with E-state index in [2.05, 4.69) is 51.6 Å². The number of hydrogen-bond donors (Lipinski definition) is 1. The van der Waals surface area contributed by atoms with E-state index in [0.29, 0.717) is 12.3 Å². The van der Waals surface area contributed by atoms with Crippen LogP contribution in [0.4, 0.5) is 8.78 Å². The zero-order chi connectivity index (χ0) is 18.4. The van der Waals surface area contributed by atoms with E-state index in [4.69, 9.17) is 4.74 Å². The zero-order valence-corrected chi connectivity index (χ0v) is 15.8. The maximum Gasteiger partial charge on any atom is 0.272 e. The first-order valence-electron chi connectivity index (χ1n) is 8.49. The van der Waals surface area contributed by atoms with Crippen molar-refractivity contribution in [3.63, 3.8) is 0 Å². The number of ether oxygens (including phenoxy) is 1. The van der Waals surface area contributed by atoms with Crippen LogP contribution < -0.4 is 10.1 Å². The van der Waals surface area contributed by atoms with Crippen LogP contribution in [0.15, 0.2) is 65.1 Å². The minimum Gasteiger partial charge on any atom is -0.488 e. The second-order valence-corrected chi connectivity index (χ2v) is 6.97. The molecule has 0 saturated heterocycles. The molecule has 26 heavy (non-hydrogen) atoms. The van der Waals surface area contributed by atoms with Crippen LogP contribution in [0.1, 0.15) is 11.1 Å². The topological polar surface area (TPSA) is 21.3 Å². The third kappa shape index (κ3) is 5.26. The lowest BCUT2D eigenvalue weighted by Crippen LogP contribution is -2.17. The van der Waals surface area contributed by atoms with Gasteiger partial charge in [-0.25, -0.2) is 8.78 Å². The van der Waals surface area contributed by atoms with Crippen molar-refractivity contribution in [1.29, 1.82) is 0 Å². The number of halogens is 3. The molecule has 0 atom stereocenters. The van der Waals surface area contributed by atoms with Crippen molar-refractivity contribution in [3.8, 4) is 5.75 Å². The third-order valence-corrected chi connectivity index (χ3v) is 4.60. The van der Waals surface area contributed by atoms with Crippen molar-refractivity contribution in [3.05, 3.63) is 76.3 Å². The van der Waals surface area contributed by atoms with E-state index in [0.717, 1.165) is 23.0 Å². The summed E-state index contributed by atoms with van der Waals surface area (Å²) >= 11 is 3.53. The van der Waals surface area contributed by atoms with Crippen LogP contribution in [0.25, 0.3) is 10.8 Å². The molecule has 0 heterocycles. The lowest BCUT2D eigenvalue weighted by molar-refractivity contribution is 0.0818. The van der Waals surface area contributed by atoms with Crippen molar-refractivity contribution >= 4 is 26.7 Å². The summed E-state index contributed by atoms with van der Waals surface area (Å²) in [7, 11) is 0. The third-order valence-electron chi connectivity index (χ3n) is 4.11. The van der Waals surface area contributed by atoms with Crippen LogP contribution in [-0.2, 0) is 13.0 Å². The Kier molecular flexibility index (Phi) is 6.58. The molecule has 1 N–H and O–H groups in total. The first kappa shape index (κ1) is 18.8. The Morgan fingerprint density at radius 1 is 1.00 bits per heavy atom. The van der Waals surface area contributed by atoms with Crippen LogP contribution in [-0.4, -0.2) is 19.6 Å². The van der Waals surface area contributed by atoms with E-state index in [1.165, 1.54) is 16.3 Å². The number of fused-ring (bicyclic) bond motifs is 1. The van der Waals surface area contributed by atoms with Gasteiger partial charge in [-0.1, -0.05) is 52.3 Å². The van der Waals surface area contributed by atoms with Gasteiger partial charge in [-0.15, -0.1) is 0 Å². The van der Waals surface area contributed by atoms with Crippen molar-refractivity contribution in [1.82, 2.24) is 5.32 Å². The van der Waals surface area contributed by atoms with E-state index in [9.17, 15) is 8.78 Å². The van der Waals surface area contributed by atoms with Crippen LogP contribution in [0.5, 0.6) is 5.75 Å². The fourth-order valence-electron chi connectivity index (χ4n) is 2.89. The summed E-state index contributed by atoms with van der Waals surface area (Å²) in [6.07, 6.45) is -1.55. The molecule has 0 aliphatic rings. The second kappa shape index (κ2) is 9.10. The van der Waals surface area contributed by atoms with E-state index < -0.39 is 13.0 Å². The molecular formula is C21H20BrF2NO. The molecular weight excluding hydrogens is 400 g/mol. The first-order valence-corrected chi connectivity index (χ1v) is 9.29. The normalized spacial score (nSPS) is 11.2. The Bertz CT molecular complexity index is 870. The van der Waals surface area contributed by atoms with Gasteiger partial charge in [0.1, 0.15) is 12.4 Å². The monoisotopic (exact) mass is 419 g/mol. The fraction of sp³-hybridized carbons (Fsp3) is 0.238. The minimum atomic E-state index is -2.46. The van der Waals surface area contributed by atoms with Gasteiger partial charge in [0.2, 0.25) is 0 Å². The Balaban J connectivity index is 1.55. The molecule has 0 aromatic heterocycles. The van der Waals surface area contributed by atoms with Crippen molar-refractivity contribution in [2.45, 2.75) is 19.4 Å². The van der Waals surface area contributed by atoms with Gasteiger partial charge >= 0.3 is 0 Å². The van der Waals surface area contributed by atoms with Crippen molar-refractivity contribution in [2.24, 2.45) is 0 Å². The Morgan fingerprint density at radius 2 is 1.85 bits per heavy atom. The molecule has 0 saturated carbocycles. The summed E-state index contributed by atoms with van der Waals surface area (Å²) in [6.45, 7) is 0.918. The maximum absolute atomic E-state index is 12.2. The SMILES string of the molecule is FC(F)COc1cccc(CNCCc2cccc3ccc(Br)cc23)c1. The number of hydrogen-bond acceptors (Lipinski definition) is 2. The highest BCUT2D eigenvalue weighted by Crippen LogP contribution is 2.23. The summed E-state index contributed by atoms with van der Waals surface area (Å²) in [4.78, 5) is 0. The van der Waals surface area contributed by atoms with E-state index in [-0.39, 0.29) is 0 Å². The molecule has 0 bridgehead atoms. The summed E-state index contributed by atoms with van der Waals surface area (Å²) in [5.74, 6) is 0.475. The zero-order valence-electron chi connectivity index (χ0n) is 14.2. The maximum atomic E-state index is 12.2. The second-order valence-electron chi connectivity index (χ2n) is 6.06. The molecule has 2 nitrogen and oxygen atoms in total. The Hall–Kier alpha value is -1.98. The van der Waals surface area contributed by atoms with Crippen molar-refractivity contribution in [2.75, 3.05) is 13.2 Å². The number of alkyl halides is 2. The van der Waals surface area contributed by atoms with Gasteiger partial charge in [0.15, 0.2) is 0 Å². The highest BCUT2D eigenvalue weighted by atomic mass is 79.9. The van der Waals surface area contributed by atoms with Gasteiger partial charge in [-0.05, 0) is 59.1 Å². The van der Waals surface area contributed by atoms with Gasteiger partial charge in [0.05, 0.1) is 0 Å². The average molecular weight is 420 g/mol. The molecule has 3 aromatic carbocycles. The Labute approximate surface area is 160 Å². The molecule has 0 spiro atoms. The van der Waals surface area contributed by atoms with Crippen LogP contribution in [0, 0.1) is 0 Å². The average Bonchev–Trinajstić information content (AvgIpc) is 2.64. The molecule has 5 heteroatoms. The first-order chi connectivity index (χ1) is 12.6. The molecule has 3 aromatic rings. The lowest BCUT2D eigenvalue weighted by Gasteiger charge is -2.10. The largest absolute Gasteiger partial charge is 0.488 e. The molecule has 0 aliphatic heterocycles. The fourth-order valence-corrected chi connectivity index (χ4v) is 3.25. The molecule has 0 unspecified atom stereocenters. The van der Waals surface area contributed by atoms with E-state index >= 15 is 0 Å². The molecule has 0 amide bonds. The van der Waals surface area contributed by atoms with Gasteiger partial charge in [-0.2, -0.15) is 0 Å². The molecule has 136 valence electrons. The summed E-state index contributed by atoms with van der Waals surface area (Å²) in [5, 5.41) is 5.89. The smallest absolute Gasteiger partial charge is 0.272 e. The van der Waals surface area contributed by atoms with Gasteiger partial charge < -0.3 is 10.1 Å². The van der Waals surface area contributed by atoms with Gasteiger partial charge in [-0.3, -0.25) is 0 Å². The van der Waals surface area contributed by atoms with Crippen LogP contribution >= 0.6 is 15.9 Å². The summed E-state index contributed by atoms with van der Waals surface area (Å²) < 4.78 is 30.6. The van der Waals surface area contributed by atoms with E-state index in [1.54, 1.807) is 12.1 Å². The van der Waals surface area contributed by atoms with Gasteiger partial charge in [0, 0.05) is 11.0 Å².